The Hall–Kier alpha value is -1.62. The van der Waals surface area contributed by atoms with Crippen LogP contribution in [-0.2, 0) is 4.74 Å². The summed E-state index contributed by atoms with van der Waals surface area (Å²) in [5.74, 6) is 0. The first kappa shape index (κ1) is 10.9. The molecule has 0 amide bonds. The monoisotopic (exact) mass is 222 g/mol. The summed E-state index contributed by atoms with van der Waals surface area (Å²) in [6.07, 6.45) is 0.947. The lowest BCUT2D eigenvalue weighted by atomic mass is 10.1. The highest BCUT2D eigenvalue weighted by molar-refractivity contribution is 5.60. The molecule has 1 aliphatic rings. The molecule has 1 N–H and O–H groups in total. The summed E-state index contributed by atoms with van der Waals surface area (Å²) in [5, 5.41) is 14.0. The predicted octanol–water partition coefficient (Wildman–Crippen LogP) is 2.10. The molecular weight excluding hydrogens is 208 g/mol. The highest BCUT2D eigenvalue weighted by Gasteiger charge is 2.18. The SMILES string of the molecule is Cc1c(NC2CCOC2)cccc1[N+](=O)[O-]. The van der Waals surface area contributed by atoms with Gasteiger partial charge in [0.2, 0.25) is 0 Å². The smallest absolute Gasteiger partial charge is 0.274 e. The average Bonchev–Trinajstić information content (AvgIpc) is 2.73. The van der Waals surface area contributed by atoms with E-state index in [1.54, 1.807) is 13.0 Å². The molecule has 5 nitrogen and oxygen atoms in total. The molecule has 1 aliphatic heterocycles. The fourth-order valence-corrected chi connectivity index (χ4v) is 1.85. The molecule has 2 rings (SSSR count). The van der Waals surface area contributed by atoms with Gasteiger partial charge in [0, 0.05) is 23.9 Å². The summed E-state index contributed by atoms with van der Waals surface area (Å²) in [6, 6.07) is 5.34. The predicted molar refractivity (Wildman–Crippen MR) is 60.7 cm³/mol. The summed E-state index contributed by atoms with van der Waals surface area (Å²) in [7, 11) is 0. The molecule has 16 heavy (non-hydrogen) atoms. The van der Waals surface area contributed by atoms with E-state index in [1.165, 1.54) is 6.07 Å². The number of benzene rings is 1. The van der Waals surface area contributed by atoms with Crippen molar-refractivity contribution in [2.75, 3.05) is 18.5 Å². The van der Waals surface area contributed by atoms with Gasteiger partial charge in [0.05, 0.1) is 17.6 Å². The number of nitro groups is 1. The Balaban J connectivity index is 2.20. The highest BCUT2D eigenvalue weighted by atomic mass is 16.6. The zero-order valence-electron chi connectivity index (χ0n) is 9.10. The molecule has 1 unspecified atom stereocenters. The molecule has 86 valence electrons. The number of ether oxygens (including phenoxy) is 1. The van der Waals surface area contributed by atoms with Crippen LogP contribution in [0, 0.1) is 17.0 Å². The first-order valence-electron chi connectivity index (χ1n) is 5.27. The Kier molecular flexibility index (Phi) is 3.05. The number of nitrogens with zero attached hydrogens (tertiary/aromatic N) is 1. The van der Waals surface area contributed by atoms with Gasteiger partial charge in [-0.05, 0) is 19.4 Å². The van der Waals surface area contributed by atoms with Crippen LogP contribution >= 0.6 is 0 Å². The van der Waals surface area contributed by atoms with Gasteiger partial charge >= 0.3 is 0 Å². The van der Waals surface area contributed by atoms with Gasteiger partial charge in [-0.3, -0.25) is 10.1 Å². The molecule has 0 bridgehead atoms. The number of nitrogens with one attached hydrogen (secondary N) is 1. The lowest BCUT2D eigenvalue weighted by Gasteiger charge is -2.14. The molecule has 1 aromatic carbocycles. The van der Waals surface area contributed by atoms with Gasteiger partial charge < -0.3 is 10.1 Å². The van der Waals surface area contributed by atoms with E-state index in [4.69, 9.17) is 4.74 Å². The standard InChI is InChI=1S/C11H14N2O3/c1-8-10(12-9-5-6-16-7-9)3-2-4-11(8)13(14)15/h2-4,9,12H,5-7H2,1H3. The van der Waals surface area contributed by atoms with Gasteiger partial charge in [0.15, 0.2) is 0 Å². The Bertz CT molecular complexity index is 400. The zero-order chi connectivity index (χ0) is 11.5. The molecule has 1 heterocycles. The minimum absolute atomic E-state index is 0.156. The number of hydrogen-bond acceptors (Lipinski definition) is 4. The van der Waals surface area contributed by atoms with E-state index < -0.39 is 0 Å². The van der Waals surface area contributed by atoms with Gasteiger partial charge in [0.25, 0.3) is 5.69 Å². The van der Waals surface area contributed by atoms with Gasteiger partial charge in [-0.15, -0.1) is 0 Å². The maximum atomic E-state index is 10.8. The summed E-state index contributed by atoms with van der Waals surface area (Å²) in [6.45, 7) is 3.18. The van der Waals surface area contributed by atoms with Crippen LogP contribution in [0.25, 0.3) is 0 Å². The minimum atomic E-state index is -0.355. The van der Waals surface area contributed by atoms with Crippen molar-refractivity contribution in [3.8, 4) is 0 Å². The van der Waals surface area contributed by atoms with E-state index in [-0.39, 0.29) is 16.7 Å². The van der Waals surface area contributed by atoms with Crippen molar-refractivity contribution in [1.82, 2.24) is 0 Å². The Morgan fingerprint density at radius 1 is 1.56 bits per heavy atom. The number of anilines is 1. The van der Waals surface area contributed by atoms with E-state index in [1.807, 2.05) is 6.07 Å². The lowest BCUT2D eigenvalue weighted by Crippen LogP contribution is -2.19. The van der Waals surface area contributed by atoms with Crippen LogP contribution in [0.3, 0.4) is 0 Å². The van der Waals surface area contributed by atoms with Crippen LogP contribution in [-0.4, -0.2) is 24.2 Å². The summed E-state index contributed by atoms with van der Waals surface area (Å²) < 4.78 is 5.25. The topological polar surface area (TPSA) is 64.4 Å². The van der Waals surface area contributed by atoms with Crippen LogP contribution in [0.5, 0.6) is 0 Å². The largest absolute Gasteiger partial charge is 0.379 e. The molecule has 0 aliphatic carbocycles. The molecule has 0 aromatic heterocycles. The van der Waals surface area contributed by atoms with E-state index in [0.29, 0.717) is 12.2 Å². The van der Waals surface area contributed by atoms with Crippen LogP contribution in [0.2, 0.25) is 0 Å². The second kappa shape index (κ2) is 4.49. The van der Waals surface area contributed by atoms with Gasteiger partial charge in [-0.25, -0.2) is 0 Å². The van der Waals surface area contributed by atoms with Crippen molar-refractivity contribution < 1.29 is 9.66 Å². The van der Waals surface area contributed by atoms with Gasteiger partial charge in [0.1, 0.15) is 0 Å². The molecule has 0 spiro atoms. The van der Waals surface area contributed by atoms with Gasteiger partial charge in [-0.1, -0.05) is 6.07 Å². The molecule has 0 saturated carbocycles. The third kappa shape index (κ3) is 2.14. The normalized spacial score (nSPS) is 19.7. The quantitative estimate of drug-likeness (QED) is 0.628. The van der Waals surface area contributed by atoms with E-state index in [9.17, 15) is 10.1 Å². The molecule has 1 atom stereocenters. The lowest BCUT2D eigenvalue weighted by molar-refractivity contribution is -0.385. The van der Waals surface area contributed by atoms with Crippen LogP contribution in [0.15, 0.2) is 18.2 Å². The molecule has 1 saturated heterocycles. The van der Waals surface area contributed by atoms with Crippen molar-refractivity contribution in [1.29, 1.82) is 0 Å². The van der Waals surface area contributed by atoms with E-state index in [2.05, 4.69) is 5.32 Å². The Morgan fingerprint density at radius 3 is 3.00 bits per heavy atom. The van der Waals surface area contributed by atoms with Crippen molar-refractivity contribution in [2.24, 2.45) is 0 Å². The van der Waals surface area contributed by atoms with Crippen molar-refractivity contribution in [3.05, 3.63) is 33.9 Å². The van der Waals surface area contributed by atoms with Crippen molar-refractivity contribution in [2.45, 2.75) is 19.4 Å². The maximum Gasteiger partial charge on any atom is 0.274 e. The minimum Gasteiger partial charge on any atom is -0.379 e. The number of hydrogen-bond donors (Lipinski definition) is 1. The fraction of sp³-hybridized carbons (Fsp3) is 0.455. The van der Waals surface area contributed by atoms with E-state index in [0.717, 1.165) is 18.7 Å². The fourth-order valence-electron chi connectivity index (χ4n) is 1.85. The molecular formula is C11H14N2O3. The zero-order valence-corrected chi connectivity index (χ0v) is 9.10. The highest BCUT2D eigenvalue weighted by Crippen LogP contribution is 2.26. The first-order chi connectivity index (χ1) is 7.68. The third-order valence-electron chi connectivity index (χ3n) is 2.79. The third-order valence-corrected chi connectivity index (χ3v) is 2.79. The number of nitro benzene ring substituents is 1. The van der Waals surface area contributed by atoms with Crippen molar-refractivity contribution in [3.63, 3.8) is 0 Å². The second-order valence-corrected chi connectivity index (χ2v) is 3.91. The molecule has 0 radical (unpaired) electrons. The summed E-state index contributed by atoms with van der Waals surface area (Å²) in [4.78, 5) is 10.4. The maximum absolute atomic E-state index is 10.8. The Labute approximate surface area is 93.6 Å². The summed E-state index contributed by atoms with van der Waals surface area (Å²) in [5.41, 5.74) is 1.66. The van der Waals surface area contributed by atoms with Crippen molar-refractivity contribution >= 4 is 11.4 Å². The first-order valence-corrected chi connectivity index (χ1v) is 5.27. The van der Waals surface area contributed by atoms with Gasteiger partial charge in [-0.2, -0.15) is 0 Å². The molecule has 1 aromatic rings. The van der Waals surface area contributed by atoms with Crippen LogP contribution < -0.4 is 5.32 Å². The molecule has 5 heteroatoms. The van der Waals surface area contributed by atoms with E-state index >= 15 is 0 Å². The Morgan fingerprint density at radius 2 is 2.38 bits per heavy atom. The summed E-state index contributed by atoms with van der Waals surface area (Å²) >= 11 is 0. The number of rotatable bonds is 3. The molecule has 1 fully saturated rings. The van der Waals surface area contributed by atoms with Crippen LogP contribution in [0.1, 0.15) is 12.0 Å². The average molecular weight is 222 g/mol. The second-order valence-electron chi connectivity index (χ2n) is 3.91. The van der Waals surface area contributed by atoms with Crippen LogP contribution in [0.4, 0.5) is 11.4 Å².